The van der Waals surface area contributed by atoms with Crippen molar-refractivity contribution in [3.8, 4) is 28.0 Å². The second kappa shape index (κ2) is 8.85. The second-order valence-electron chi connectivity index (χ2n) is 7.42. The van der Waals surface area contributed by atoms with E-state index in [1.54, 1.807) is 0 Å². The molecule has 174 valence electrons. The van der Waals surface area contributed by atoms with Gasteiger partial charge in [0.25, 0.3) is 0 Å². The number of rotatable bonds is 5. The van der Waals surface area contributed by atoms with Crippen molar-refractivity contribution in [3.63, 3.8) is 0 Å². The van der Waals surface area contributed by atoms with E-state index in [1.165, 1.54) is 24.3 Å². The predicted octanol–water partition coefficient (Wildman–Crippen LogP) is 8.31. The van der Waals surface area contributed by atoms with Gasteiger partial charge in [0.15, 0.2) is 0 Å². The Morgan fingerprint density at radius 2 is 1.47 bits per heavy atom. The van der Waals surface area contributed by atoms with Crippen LogP contribution in [0.4, 0.5) is 30.7 Å². The molecule has 0 N–H and O–H groups in total. The molecule has 4 aromatic carbocycles. The molecule has 0 atom stereocenters. The normalized spacial score (nSPS) is 11.6. The minimum absolute atomic E-state index is 0.0122. The summed E-state index contributed by atoms with van der Waals surface area (Å²) < 4.78 is 103. The summed E-state index contributed by atoms with van der Waals surface area (Å²) in [7, 11) is 0. The van der Waals surface area contributed by atoms with Crippen molar-refractivity contribution in [1.82, 2.24) is 0 Å². The molecule has 0 aliphatic rings. The minimum atomic E-state index is -4.88. The van der Waals surface area contributed by atoms with Crippen molar-refractivity contribution in [3.05, 3.63) is 102 Å². The van der Waals surface area contributed by atoms with E-state index in [-0.39, 0.29) is 39.8 Å². The highest BCUT2D eigenvalue weighted by atomic mass is 19.4. The fourth-order valence-corrected chi connectivity index (χ4v) is 3.65. The van der Waals surface area contributed by atoms with Gasteiger partial charge < -0.3 is 4.74 Å². The third kappa shape index (κ3) is 4.35. The lowest BCUT2D eigenvalue weighted by Crippen LogP contribution is -2.08. The van der Waals surface area contributed by atoms with Crippen molar-refractivity contribution < 1.29 is 35.5 Å². The highest BCUT2D eigenvalue weighted by Crippen LogP contribution is 2.37. The molecule has 0 radical (unpaired) electrons. The molecule has 0 fully saturated rings. The van der Waals surface area contributed by atoms with E-state index in [1.807, 2.05) is 0 Å². The minimum Gasteiger partial charge on any atom is -0.489 e. The molecule has 8 heteroatoms. The van der Waals surface area contributed by atoms with Crippen LogP contribution in [-0.2, 0) is 6.18 Å². The first-order valence-corrected chi connectivity index (χ1v) is 9.92. The van der Waals surface area contributed by atoms with Gasteiger partial charge in [0.2, 0.25) is 0 Å². The molecule has 4 aromatic rings. The Balaban J connectivity index is 1.74. The van der Waals surface area contributed by atoms with Gasteiger partial charge in [0.05, 0.1) is 11.1 Å². The van der Waals surface area contributed by atoms with Gasteiger partial charge in [-0.2, -0.15) is 13.2 Å². The zero-order valence-corrected chi connectivity index (χ0v) is 17.3. The molecule has 0 saturated heterocycles. The molecule has 0 unspecified atom stereocenters. The number of halogens is 7. The van der Waals surface area contributed by atoms with Crippen LogP contribution in [0.1, 0.15) is 5.56 Å². The fourth-order valence-electron chi connectivity index (χ4n) is 3.65. The molecule has 0 amide bonds. The summed E-state index contributed by atoms with van der Waals surface area (Å²) in [5, 5.41) is -0.302. The first-order chi connectivity index (χ1) is 16.1. The topological polar surface area (TPSA) is 9.23 Å². The van der Waals surface area contributed by atoms with E-state index in [0.29, 0.717) is 6.07 Å². The number of fused-ring (bicyclic) bond motifs is 1. The Hall–Kier alpha value is -3.81. The van der Waals surface area contributed by atoms with E-state index in [2.05, 4.69) is 6.58 Å². The van der Waals surface area contributed by atoms with Gasteiger partial charge in [-0.25, -0.2) is 17.6 Å². The number of ether oxygens (including phenoxy) is 1. The van der Waals surface area contributed by atoms with E-state index in [4.69, 9.17) is 4.74 Å². The van der Waals surface area contributed by atoms with Gasteiger partial charge in [0, 0.05) is 17.0 Å². The van der Waals surface area contributed by atoms with Crippen molar-refractivity contribution in [2.75, 3.05) is 6.61 Å². The first-order valence-electron chi connectivity index (χ1n) is 9.92. The SMILES string of the molecule is C=CCOc1ccc(-c2cc(F)c(-c3ccc4c(F)c(C(F)(F)F)ccc4c3)c(F)c2)c(F)c1. The highest BCUT2D eigenvalue weighted by molar-refractivity contribution is 5.89. The Morgan fingerprint density at radius 1 is 0.765 bits per heavy atom. The molecule has 0 spiro atoms. The Bertz CT molecular complexity index is 1380. The van der Waals surface area contributed by atoms with Crippen LogP contribution in [0.25, 0.3) is 33.0 Å². The standard InChI is InChI=1S/C26H15F7O/c1-2-9-34-17-5-7-18(21(27)13-17)16-11-22(28)24(23(29)12-16)15-3-6-19-14(10-15)4-8-20(25(19)30)26(31,32)33/h2-8,10-13H,1,9H2. The predicted molar refractivity (Wildman–Crippen MR) is 115 cm³/mol. The van der Waals surface area contributed by atoms with Crippen LogP contribution in [0.15, 0.2) is 73.3 Å². The van der Waals surface area contributed by atoms with Crippen LogP contribution in [0.2, 0.25) is 0 Å². The number of benzene rings is 4. The summed E-state index contributed by atoms with van der Waals surface area (Å²) >= 11 is 0. The van der Waals surface area contributed by atoms with Crippen molar-refractivity contribution in [2.45, 2.75) is 6.18 Å². The maximum absolute atomic E-state index is 14.9. The average Bonchev–Trinajstić information content (AvgIpc) is 2.76. The molecular weight excluding hydrogens is 461 g/mol. The molecule has 0 bridgehead atoms. The largest absolute Gasteiger partial charge is 0.489 e. The van der Waals surface area contributed by atoms with Crippen molar-refractivity contribution in [1.29, 1.82) is 0 Å². The van der Waals surface area contributed by atoms with Crippen molar-refractivity contribution >= 4 is 10.8 Å². The highest BCUT2D eigenvalue weighted by Gasteiger charge is 2.34. The third-order valence-electron chi connectivity index (χ3n) is 5.21. The molecule has 34 heavy (non-hydrogen) atoms. The van der Waals surface area contributed by atoms with Crippen molar-refractivity contribution in [2.24, 2.45) is 0 Å². The Labute approximate surface area is 189 Å². The van der Waals surface area contributed by atoms with Crippen LogP contribution < -0.4 is 4.74 Å². The maximum Gasteiger partial charge on any atom is 0.419 e. The average molecular weight is 476 g/mol. The van der Waals surface area contributed by atoms with Gasteiger partial charge >= 0.3 is 6.18 Å². The van der Waals surface area contributed by atoms with E-state index >= 15 is 0 Å². The smallest absolute Gasteiger partial charge is 0.419 e. The first kappa shape index (κ1) is 23.4. The van der Waals surface area contributed by atoms with Crippen LogP contribution >= 0.6 is 0 Å². The summed E-state index contributed by atoms with van der Waals surface area (Å²) in [6.07, 6.45) is -3.40. The zero-order chi connectivity index (χ0) is 24.6. The molecule has 0 heterocycles. The molecule has 4 rings (SSSR count). The number of hydrogen-bond acceptors (Lipinski definition) is 1. The summed E-state index contributed by atoms with van der Waals surface area (Å²) in [6, 6.07) is 10.7. The lowest BCUT2D eigenvalue weighted by molar-refractivity contribution is -0.139. The molecule has 0 saturated carbocycles. The van der Waals surface area contributed by atoms with E-state index in [9.17, 15) is 30.7 Å². The van der Waals surface area contributed by atoms with Gasteiger partial charge in [-0.05, 0) is 52.9 Å². The lowest BCUT2D eigenvalue weighted by atomic mass is 9.96. The number of hydrogen-bond donors (Lipinski definition) is 0. The second-order valence-corrected chi connectivity index (χ2v) is 7.42. The summed E-state index contributed by atoms with van der Waals surface area (Å²) in [5.41, 5.74) is -2.04. The molecular formula is C26H15F7O. The van der Waals surface area contributed by atoms with Gasteiger partial charge in [-0.1, -0.05) is 30.9 Å². The third-order valence-corrected chi connectivity index (χ3v) is 5.21. The van der Waals surface area contributed by atoms with Gasteiger partial charge in [-0.15, -0.1) is 0 Å². The quantitative estimate of drug-likeness (QED) is 0.208. The molecule has 1 nitrogen and oxygen atoms in total. The van der Waals surface area contributed by atoms with E-state index < -0.39 is 40.6 Å². The Kier molecular flexibility index (Phi) is 6.08. The lowest BCUT2D eigenvalue weighted by Gasteiger charge is -2.13. The Morgan fingerprint density at radius 3 is 2.09 bits per heavy atom. The maximum atomic E-state index is 14.9. The number of alkyl halides is 3. The fraction of sp³-hybridized carbons (Fsp3) is 0.0769. The molecule has 0 aliphatic heterocycles. The summed E-state index contributed by atoms with van der Waals surface area (Å²) in [5.74, 6) is -4.05. The van der Waals surface area contributed by atoms with E-state index in [0.717, 1.165) is 36.4 Å². The van der Waals surface area contributed by atoms with Crippen LogP contribution in [-0.4, -0.2) is 6.61 Å². The van der Waals surface area contributed by atoms with Gasteiger partial charge in [-0.3, -0.25) is 0 Å². The molecule has 0 aromatic heterocycles. The zero-order valence-electron chi connectivity index (χ0n) is 17.3. The van der Waals surface area contributed by atoms with Crippen LogP contribution in [0, 0.1) is 23.3 Å². The molecule has 0 aliphatic carbocycles. The monoisotopic (exact) mass is 476 g/mol. The summed E-state index contributed by atoms with van der Waals surface area (Å²) in [6.45, 7) is 3.64. The van der Waals surface area contributed by atoms with Gasteiger partial charge in [0.1, 0.15) is 35.6 Å². The van der Waals surface area contributed by atoms with Crippen LogP contribution in [0.5, 0.6) is 5.75 Å². The van der Waals surface area contributed by atoms with Crippen LogP contribution in [0.3, 0.4) is 0 Å². The summed E-state index contributed by atoms with van der Waals surface area (Å²) in [4.78, 5) is 0.